The van der Waals surface area contributed by atoms with Gasteiger partial charge in [-0.1, -0.05) is 0 Å². The maximum Gasteiger partial charge on any atom is 0.354 e. The van der Waals surface area contributed by atoms with Crippen molar-refractivity contribution < 1.29 is 9.90 Å². The molecule has 11 heavy (non-hydrogen) atoms. The fraction of sp³-hybridized carbons (Fsp3) is 0.429. The number of aryl methyl sites for hydroxylation is 2. The first-order chi connectivity index (χ1) is 5.04. The second-order valence-corrected chi connectivity index (χ2v) is 2.46. The number of nitrogens with zero attached hydrogens (tertiary/aromatic N) is 2. The zero-order valence-corrected chi connectivity index (χ0v) is 6.75. The van der Waals surface area contributed by atoms with Gasteiger partial charge in [0.15, 0.2) is 0 Å². The van der Waals surface area contributed by atoms with Crippen molar-refractivity contribution in [3.8, 4) is 0 Å². The van der Waals surface area contributed by atoms with Crippen LogP contribution < -0.4 is 0 Å². The molecule has 0 aliphatic heterocycles. The Morgan fingerprint density at radius 2 is 2.09 bits per heavy atom. The Hall–Kier alpha value is -1.32. The summed E-state index contributed by atoms with van der Waals surface area (Å²) in [5.74, 6) is -0.203. The first kappa shape index (κ1) is 7.78. The van der Waals surface area contributed by atoms with E-state index in [-0.39, 0.29) is 5.69 Å². The van der Waals surface area contributed by atoms with Crippen molar-refractivity contribution in [1.82, 2.24) is 9.55 Å². The molecule has 0 atom stereocenters. The number of imidazole rings is 1. The van der Waals surface area contributed by atoms with Gasteiger partial charge in [-0.05, 0) is 13.8 Å². The summed E-state index contributed by atoms with van der Waals surface area (Å²) in [6.45, 7) is 3.47. The van der Waals surface area contributed by atoms with Gasteiger partial charge in [-0.25, -0.2) is 9.78 Å². The lowest BCUT2D eigenvalue weighted by Gasteiger charge is -1.97. The van der Waals surface area contributed by atoms with E-state index in [4.69, 9.17) is 5.11 Å². The molecular weight excluding hydrogens is 144 g/mol. The smallest absolute Gasteiger partial charge is 0.354 e. The quantitative estimate of drug-likeness (QED) is 0.648. The van der Waals surface area contributed by atoms with Crippen molar-refractivity contribution in [2.45, 2.75) is 13.8 Å². The molecule has 0 aliphatic rings. The summed E-state index contributed by atoms with van der Waals surface area (Å²) >= 11 is 0. The van der Waals surface area contributed by atoms with Crippen molar-refractivity contribution >= 4 is 5.97 Å². The molecule has 0 fully saturated rings. The standard InChI is InChI=1S/C7H10N2O2/c1-4-6(7(10)11)9(3)5(2)8-4/h1-3H3,(H,10,11). The molecule has 0 bridgehead atoms. The van der Waals surface area contributed by atoms with Gasteiger partial charge in [0, 0.05) is 7.05 Å². The number of aromatic nitrogens is 2. The van der Waals surface area contributed by atoms with Gasteiger partial charge in [0.2, 0.25) is 0 Å². The Labute approximate surface area is 64.5 Å². The van der Waals surface area contributed by atoms with Gasteiger partial charge in [-0.15, -0.1) is 0 Å². The normalized spacial score (nSPS) is 10.1. The third kappa shape index (κ3) is 1.11. The summed E-state index contributed by atoms with van der Waals surface area (Å²) in [5, 5.41) is 8.70. The van der Waals surface area contributed by atoms with Crippen LogP contribution in [0, 0.1) is 13.8 Å². The van der Waals surface area contributed by atoms with Crippen LogP contribution in [0.15, 0.2) is 0 Å². The van der Waals surface area contributed by atoms with Crippen LogP contribution in [0.25, 0.3) is 0 Å². The van der Waals surface area contributed by atoms with E-state index in [2.05, 4.69) is 4.98 Å². The minimum Gasteiger partial charge on any atom is -0.477 e. The first-order valence-electron chi connectivity index (χ1n) is 3.27. The lowest BCUT2D eigenvalue weighted by atomic mass is 10.3. The number of carboxylic acid groups (broad SMARTS) is 1. The Kier molecular flexibility index (Phi) is 1.68. The van der Waals surface area contributed by atoms with E-state index in [0.717, 1.165) is 5.82 Å². The molecule has 1 N–H and O–H groups in total. The fourth-order valence-corrected chi connectivity index (χ4v) is 1.07. The summed E-state index contributed by atoms with van der Waals surface area (Å²) in [4.78, 5) is 14.6. The predicted molar refractivity (Wildman–Crippen MR) is 39.6 cm³/mol. The van der Waals surface area contributed by atoms with Gasteiger partial charge in [-0.3, -0.25) is 0 Å². The second kappa shape index (κ2) is 2.38. The Morgan fingerprint density at radius 1 is 1.55 bits per heavy atom. The zero-order valence-electron chi connectivity index (χ0n) is 6.75. The number of hydrogen-bond acceptors (Lipinski definition) is 2. The maximum absolute atomic E-state index is 10.6. The number of carbonyl (C=O) groups is 1. The molecule has 1 aromatic rings. The third-order valence-corrected chi connectivity index (χ3v) is 1.70. The van der Waals surface area contributed by atoms with Crippen molar-refractivity contribution in [3.63, 3.8) is 0 Å². The van der Waals surface area contributed by atoms with E-state index in [9.17, 15) is 4.79 Å². The highest BCUT2D eigenvalue weighted by Crippen LogP contribution is 2.07. The molecule has 4 heteroatoms. The second-order valence-electron chi connectivity index (χ2n) is 2.46. The fourth-order valence-electron chi connectivity index (χ4n) is 1.07. The van der Waals surface area contributed by atoms with Gasteiger partial charge >= 0.3 is 5.97 Å². The average Bonchev–Trinajstić information content (AvgIpc) is 2.07. The van der Waals surface area contributed by atoms with Crippen LogP contribution in [0.3, 0.4) is 0 Å². The molecular formula is C7H10N2O2. The Balaban J connectivity index is 3.34. The summed E-state index contributed by atoms with van der Waals surface area (Å²) in [6.07, 6.45) is 0. The number of rotatable bonds is 1. The van der Waals surface area contributed by atoms with Crippen LogP contribution in [0.4, 0.5) is 0 Å². The molecule has 0 radical (unpaired) electrons. The van der Waals surface area contributed by atoms with E-state index in [1.54, 1.807) is 25.5 Å². The highest BCUT2D eigenvalue weighted by molar-refractivity contribution is 5.87. The molecule has 1 aromatic heterocycles. The van der Waals surface area contributed by atoms with Gasteiger partial charge in [0.05, 0.1) is 5.69 Å². The highest BCUT2D eigenvalue weighted by Gasteiger charge is 2.14. The SMILES string of the molecule is Cc1nc(C)n(C)c1C(=O)O. The van der Waals surface area contributed by atoms with Crippen LogP contribution in [0.5, 0.6) is 0 Å². The molecule has 0 amide bonds. The Bertz CT molecular complexity index is 302. The van der Waals surface area contributed by atoms with E-state index < -0.39 is 5.97 Å². The van der Waals surface area contributed by atoms with Crippen LogP contribution in [0.1, 0.15) is 22.0 Å². The summed E-state index contributed by atoms with van der Waals surface area (Å²) < 4.78 is 1.57. The number of carboxylic acids is 1. The molecule has 0 saturated carbocycles. The average molecular weight is 154 g/mol. The molecule has 0 unspecified atom stereocenters. The first-order valence-corrected chi connectivity index (χ1v) is 3.27. The third-order valence-electron chi connectivity index (χ3n) is 1.70. The van der Waals surface area contributed by atoms with Crippen LogP contribution >= 0.6 is 0 Å². The lowest BCUT2D eigenvalue weighted by Crippen LogP contribution is -2.06. The van der Waals surface area contributed by atoms with E-state index in [1.165, 1.54) is 0 Å². The molecule has 0 aromatic carbocycles. The topological polar surface area (TPSA) is 55.1 Å². The summed E-state index contributed by atoms with van der Waals surface area (Å²) in [6, 6.07) is 0. The number of hydrogen-bond donors (Lipinski definition) is 1. The van der Waals surface area contributed by atoms with Crippen molar-refractivity contribution in [1.29, 1.82) is 0 Å². The monoisotopic (exact) mass is 154 g/mol. The molecule has 0 aliphatic carbocycles. The minimum absolute atomic E-state index is 0.266. The van der Waals surface area contributed by atoms with Gasteiger partial charge in [0.25, 0.3) is 0 Å². The van der Waals surface area contributed by atoms with Crippen LogP contribution in [-0.4, -0.2) is 20.6 Å². The Morgan fingerprint density at radius 3 is 2.27 bits per heavy atom. The zero-order chi connectivity index (χ0) is 8.59. The minimum atomic E-state index is -0.925. The van der Waals surface area contributed by atoms with Crippen molar-refractivity contribution in [2.24, 2.45) is 7.05 Å². The van der Waals surface area contributed by atoms with Gasteiger partial charge in [-0.2, -0.15) is 0 Å². The predicted octanol–water partition coefficient (Wildman–Crippen LogP) is 0.735. The molecule has 4 nitrogen and oxygen atoms in total. The maximum atomic E-state index is 10.6. The van der Waals surface area contributed by atoms with Crippen LogP contribution in [-0.2, 0) is 7.05 Å². The number of aromatic carboxylic acids is 1. The van der Waals surface area contributed by atoms with Crippen molar-refractivity contribution in [3.05, 3.63) is 17.2 Å². The van der Waals surface area contributed by atoms with Gasteiger partial charge < -0.3 is 9.67 Å². The van der Waals surface area contributed by atoms with Gasteiger partial charge in [0.1, 0.15) is 11.5 Å². The largest absolute Gasteiger partial charge is 0.477 e. The van der Waals surface area contributed by atoms with E-state index in [1.807, 2.05) is 0 Å². The van der Waals surface area contributed by atoms with E-state index >= 15 is 0 Å². The highest BCUT2D eigenvalue weighted by atomic mass is 16.4. The van der Waals surface area contributed by atoms with Crippen molar-refractivity contribution in [2.75, 3.05) is 0 Å². The lowest BCUT2D eigenvalue weighted by molar-refractivity contribution is 0.0685. The summed E-state index contributed by atoms with van der Waals surface area (Å²) in [5.41, 5.74) is 0.833. The summed E-state index contributed by atoms with van der Waals surface area (Å²) in [7, 11) is 1.69. The van der Waals surface area contributed by atoms with E-state index in [0.29, 0.717) is 5.69 Å². The molecule has 0 saturated heterocycles. The molecule has 60 valence electrons. The molecule has 0 spiro atoms. The van der Waals surface area contributed by atoms with Crippen LogP contribution in [0.2, 0.25) is 0 Å². The molecule has 1 rings (SSSR count). The molecule has 1 heterocycles.